The number of nitrogens with zero attached hydrogens (tertiary/aromatic N) is 1. The lowest BCUT2D eigenvalue weighted by atomic mass is 10.2. The molecule has 0 aromatic carbocycles. The summed E-state index contributed by atoms with van der Waals surface area (Å²) in [6.45, 7) is 6.21. The number of ether oxygens (including phenoxy) is 2. The fourth-order valence-corrected chi connectivity index (χ4v) is 1.76. The quantitative estimate of drug-likeness (QED) is 0.394. The molecule has 0 radical (unpaired) electrons. The minimum atomic E-state index is 0.344. The predicted molar refractivity (Wildman–Crippen MR) is 69.4 cm³/mol. The summed E-state index contributed by atoms with van der Waals surface area (Å²) in [7, 11) is 1.79. The van der Waals surface area contributed by atoms with E-state index in [9.17, 15) is 0 Å². The van der Waals surface area contributed by atoms with Gasteiger partial charge in [0.25, 0.3) is 0 Å². The molecule has 2 N–H and O–H groups in total. The molecule has 17 heavy (non-hydrogen) atoms. The third-order valence-electron chi connectivity index (χ3n) is 2.71. The second-order valence-corrected chi connectivity index (χ2v) is 4.07. The molecule has 1 saturated heterocycles. The molecule has 0 bridgehead atoms. The van der Waals surface area contributed by atoms with Gasteiger partial charge in [-0.3, -0.25) is 4.99 Å². The van der Waals surface area contributed by atoms with Gasteiger partial charge in [0.15, 0.2) is 5.96 Å². The van der Waals surface area contributed by atoms with Crippen molar-refractivity contribution < 1.29 is 9.47 Å². The van der Waals surface area contributed by atoms with Gasteiger partial charge < -0.3 is 20.1 Å². The van der Waals surface area contributed by atoms with Crippen molar-refractivity contribution in [2.75, 3.05) is 40.0 Å². The highest BCUT2D eigenvalue weighted by Crippen LogP contribution is 2.10. The normalized spacial score (nSPS) is 20.6. The Balaban J connectivity index is 2.03. The highest BCUT2D eigenvalue weighted by atomic mass is 16.5. The molecule has 0 aliphatic carbocycles. The molecule has 1 aliphatic heterocycles. The van der Waals surface area contributed by atoms with Crippen LogP contribution in [0.1, 0.15) is 26.2 Å². The van der Waals surface area contributed by atoms with Gasteiger partial charge in [-0.05, 0) is 26.2 Å². The maximum atomic E-state index is 5.54. The lowest BCUT2D eigenvalue weighted by Gasteiger charge is -2.14. The predicted octanol–water partition coefficient (Wildman–Crippen LogP) is 0.757. The van der Waals surface area contributed by atoms with Crippen LogP contribution in [0.25, 0.3) is 0 Å². The molecule has 1 rings (SSSR count). The van der Waals surface area contributed by atoms with Crippen LogP contribution >= 0.6 is 0 Å². The Kier molecular flexibility index (Phi) is 7.75. The van der Waals surface area contributed by atoms with Gasteiger partial charge in [-0.25, -0.2) is 0 Å². The number of rotatable bonds is 7. The van der Waals surface area contributed by atoms with Crippen molar-refractivity contribution in [3.8, 4) is 0 Å². The van der Waals surface area contributed by atoms with E-state index in [4.69, 9.17) is 9.47 Å². The van der Waals surface area contributed by atoms with Crippen molar-refractivity contribution in [3.63, 3.8) is 0 Å². The van der Waals surface area contributed by atoms with Crippen molar-refractivity contribution in [3.05, 3.63) is 0 Å². The van der Waals surface area contributed by atoms with E-state index in [1.807, 2.05) is 6.92 Å². The molecule has 1 fully saturated rings. The van der Waals surface area contributed by atoms with Crippen LogP contribution in [0.3, 0.4) is 0 Å². The van der Waals surface area contributed by atoms with Crippen molar-refractivity contribution in [2.45, 2.75) is 32.3 Å². The van der Waals surface area contributed by atoms with E-state index in [1.54, 1.807) is 7.05 Å². The van der Waals surface area contributed by atoms with Gasteiger partial charge in [0, 0.05) is 40.0 Å². The van der Waals surface area contributed by atoms with Gasteiger partial charge in [0.05, 0.1) is 6.10 Å². The van der Waals surface area contributed by atoms with Gasteiger partial charge >= 0.3 is 0 Å². The van der Waals surface area contributed by atoms with Crippen LogP contribution in [-0.4, -0.2) is 52.0 Å². The molecule has 1 unspecified atom stereocenters. The first kappa shape index (κ1) is 14.3. The summed E-state index contributed by atoms with van der Waals surface area (Å²) >= 11 is 0. The van der Waals surface area contributed by atoms with Crippen LogP contribution in [0.2, 0.25) is 0 Å². The summed E-state index contributed by atoms with van der Waals surface area (Å²) in [5.41, 5.74) is 0. The van der Waals surface area contributed by atoms with E-state index in [-0.39, 0.29) is 0 Å². The molecule has 1 atom stereocenters. The Morgan fingerprint density at radius 1 is 1.47 bits per heavy atom. The maximum absolute atomic E-state index is 5.54. The van der Waals surface area contributed by atoms with Gasteiger partial charge in [0.1, 0.15) is 0 Å². The van der Waals surface area contributed by atoms with Crippen LogP contribution in [0.5, 0.6) is 0 Å². The second kappa shape index (κ2) is 9.24. The molecule has 1 heterocycles. The van der Waals surface area contributed by atoms with Gasteiger partial charge in [-0.2, -0.15) is 0 Å². The summed E-state index contributed by atoms with van der Waals surface area (Å²) in [6, 6.07) is 0. The number of hydrogen-bond acceptors (Lipinski definition) is 3. The first-order chi connectivity index (χ1) is 8.36. The van der Waals surface area contributed by atoms with Crippen LogP contribution in [0.4, 0.5) is 0 Å². The van der Waals surface area contributed by atoms with Crippen LogP contribution in [0.15, 0.2) is 4.99 Å². The molecule has 0 amide bonds. The van der Waals surface area contributed by atoms with Crippen molar-refractivity contribution >= 4 is 5.96 Å². The van der Waals surface area contributed by atoms with Crippen molar-refractivity contribution in [2.24, 2.45) is 4.99 Å². The summed E-state index contributed by atoms with van der Waals surface area (Å²) in [5, 5.41) is 6.53. The smallest absolute Gasteiger partial charge is 0.191 e. The van der Waals surface area contributed by atoms with Crippen LogP contribution < -0.4 is 10.6 Å². The van der Waals surface area contributed by atoms with Crippen molar-refractivity contribution in [1.82, 2.24) is 10.6 Å². The Bertz CT molecular complexity index is 216. The van der Waals surface area contributed by atoms with E-state index in [1.165, 1.54) is 6.42 Å². The van der Waals surface area contributed by atoms with E-state index >= 15 is 0 Å². The summed E-state index contributed by atoms with van der Waals surface area (Å²) in [5.74, 6) is 0.844. The molecule has 0 saturated carbocycles. The summed E-state index contributed by atoms with van der Waals surface area (Å²) in [4.78, 5) is 4.16. The molecule has 0 aromatic heterocycles. The molecular formula is C12H25N3O2. The number of nitrogens with one attached hydrogen (secondary N) is 2. The Labute approximate surface area is 104 Å². The number of guanidine groups is 1. The van der Waals surface area contributed by atoms with Crippen LogP contribution in [0, 0.1) is 0 Å². The molecule has 0 aromatic rings. The second-order valence-electron chi connectivity index (χ2n) is 4.07. The zero-order chi connectivity index (χ0) is 12.3. The fraction of sp³-hybridized carbons (Fsp3) is 0.917. The molecule has 0 spiro atoms. The standard InChI is InChI=1S/C12H25N3O2/c1-3-16-8-5-7-14-12(13-2)15-10-11-6-4-9-17-11/h11H,3-10H2,1-2H3,(H2,13,14,15). The first-order valence-corrected chi connectivity index (χ1v) is 6.50. The minimum Gasteiger partial charge on any atom is -0.382 e. The number of hydrogen-bond donors (Lipinski definition) is 2. The first-order valence-electron chi connectivity index (χ1n) is 6.50. The highest BCUT2D eigenvalue weighted by molar-refractivity contribution is 5.79. The lowest BCUT2D eigenvalue weighted by Crippen LogP contribution is -2.41. The zero-order valence-corrected chi connectivity index (χ0v) is 11.0. The SMILES string of the molecule is CCOCCCNC(=NC)NCC1CCCO1. The Hall–Kier alpha value is -0.810. The minimum absolute atomic E-state index is 0.344. The largest absolute Gasteiger partial charge is 0.382 e. The van der Waals surface area contributed by atoms with E-state index in [2.05, 4.69) is 15.6 Å². The van der Waals surface area contributed by atoms with Gasteiger partial charge in [-0.1, -0.05) is 0 Å². The van der Waals surface area contributed by atoms with Crippen LogP contribution in [-0.2, 0) is 9.47 Å². The zero-order valence-electron chi connectivity index (χ0n) is 11.0. The molecule has 1 aliphatic rings. The molecule has 5 heteroatoms. The fourth-order valence-electron chi connectivity index (χ4n) is 1.76. The van der Waals surface area contributed by atoms with E-state index < -0.39 is 0 Å². The molecular weight excluding hydrogens is 218 g/mol. The monoisotopic (exact) mass is 243 g/mol. The average Bonchev–Trinajstić information content (AvgIpc) is 2.86. The third-order valence-corrected chi connectivity index (χ3v) is 2.71. The highest BCUT2D eigenvalue weighted by Gasteiger charge is 2.15. The lowest BCUT2D eigenvalue weighted by molar-refractivity contribution is 0.113. The van der Waals surface area contributed by atoms with E-state index in [0.29, 0.717) is 6.10 Å². The topological polar surface area (TPSA) is 54.9 Å². The number of aliphatic imine (C=N–C) groups is 1. The third kappa shape index (κ3) is 6.48. The van der Waals surface area contributed by atoms with Gasteiger partial charge in [-0.15, -0.1) is 0 Å². The van der Waals surface area contributed by atoms with E-state index in [0.717, 1.165) is 51.7 Å². The molecule has 5 nitrogen and oxygen atoms in total. The van der Waals surface area contributed by atoms with Gasteiger partial charge in [0.2, 0.25) is 0 Å². The Morgan fingerprint density at radius 2 is 2.35 bits per heavy atom. The maximum Gasteiger partial charge on any atom is 0.191 e. The summed E-state index contributed by atoms with van der Waals surface area (Å²) < 4.78 is 10.8. The molecule has 100 valence electrons. The van der Waals surface area contributed by atoms with Crippen molar-refractivity contribution in [1.29, 1.82) is 0 Å². The summed E-state index contributed by atoms with van der Waals surface area (Å²) in [6.07, 6.45) is 3.66. The average molecular weight is 243 g/mol. The Morgan fingerprint density at radius 3 is 3.00 bits per heavy atom.